The Hall–Kier alpha value is -3.57. The molecule has 11 heteroatoms. The number of aryl methyl sites for hydroxylation is 1. The zero-order valence-electron chi connectivity index (χ0n) is 24.8. The molecule has 226 valence electrons. The third kappa shape index (κ3) is 8.25. The number of rotatable bonds is 13. The maximum absolute atomic E-state index is 14.0. The van der Waals surface area contributed by atoms with Gasteiger partial charge in [0, 0.05) is 13.1 Å². The fraction of sp³-hybridized carbons (Fsp3) is 0.355. The minimum Gasteiger partial charge on any atom is -0.497 e. The Kier molecular flexibility index (Phi) is 11.4. The summed E-state index contributed by atoms with van der Waals surface area (Å²) in [5.74, 6) is 0.488. The molecule has 0 aliphatic carbocycles. The third-order valence-corrected chi connectivity index (χ3v) is 9.07. The first-order valence-electron chi connectivity index (χ1n) is 13.5. The summed E-state index contributed by atoms with van der Waals surface area (Å²) in [5, 5.41) is 2.88. The van der Waals surface area contributed by atoms with Gasteiger partial charge in [0.15, 0.2) is 0 Å². The van der Waals surface area contributed by atoms with Crippen LogP contribution in [0.1, 0.15) is 31.9 Å². The molecule has 0 aliphatic rings. The Bertz CT molecular complexity index is 1480. The normalized spacial score (nSPS) is 12.0. The van der Waals surface area contributed by atoms with Crippen LogP contribution >= 0.6 is 15.9 Å². The zero-order chi connectivity index (χ0) is 31.0. The summed E-state index contributed by atoms with van der Waals surface area (Å²) in [5.41, 5.74) is 2.02. The molecule has 0 saturated heterocycles. The minimum atomic E-state index is -4.21. The molecule has 3 aromatic carbocycles. The third-order valence-electron chi connectivity index (χ3n) is 6.68. The Morgan fingerprint density at radius 2 is 1.57 bits per heavy atom. The van der Waals surface area contributed by atoms with Crippen LogP contribution in [0.4, 0.5) is 5.69 Å². The van der Waals surface area contributed by atoms with Crippen molar-refractivity contribution < 1.29 is 27.5 Å². The molecule has 0 spiro atoms. The van der Waals surface area contributed by atoms with Crippen LogP contribution in [0, 0.1) is 12.8 Å². The quantitative estimate of drug-likeness (QED) is 0.272. The number of hydrogen-bond donors (Lipinski definition) is 1. The number of benzene rings is 3. The molecule has 0 saturated carbocycles. The van der Waals surface area contributed by atoms with E-state index in [0.717, 1.165) is 15.4 Å². The predicted molar refractivity (Wildman–Crippen MR) is 167 cm³/mol. The second kappa shape index (κ2) is 14.6. The molecule has 1 N–H and O–H groups in total. The molecule has 1 atom stereocenters. The number of nitrogens with one attached hydrogen (secondary N) is 1. The highest BCUT2D eigenvalue weighted by Crippen LogP contribution is 2.31. The second-order valence-corrected chi connectivity index (χ2v) is 13.0. The van der Waals surface area contributed by atoms with Crippen molar-refractivity contribution in [3.05, 3.63) is 82.3 Å². The minimum absolute atomic E-state index is 0.0204. The smallest absolute Gasteiger partial charge is 0.264 e. The molecule has 0 fully saturated rings. The van der Waals surface area contributed by atoms with E-state index >= 15 is 0 Å². The summed E-state index contributed by atoms with van der Waals surface area (Å²) in [7, 11) is -1.16. The SMILES string of the molecule is COc1ccc(CN(C(=O)CN(c2ccc(C)cc2)S(=O)(=O)c2ccc(OC)c(Br)c2)C(C)C(=O)NCC(C)C)cc1. The van der Waals surface area contributed by atoms with Crippen LogP contribution < -0.4 is 19.1 Å². The number of nitrogens with zero attached hydrogens (tertiary/aromatic N) is 2. The second-order valence-electron chi connectivity index (χ2n) is 10.3. The maximum Gasteiger partial charge on any atom is 0.264 e. The van der Waals surface area contributed by atoms with Gasteiger partial charge in [0.25, 0.3) is 10.0 Å². The molecule has 0 radical (unpaired) electrons. The van der Waals surface area contributed by atoms with Crippen molar-refractivity contribution >= 4 is 43.5 Å². The van der Waals surface area contributed by atoms with Crippen molar-refractivity contribution in [3.63, 3.8) is 0 Å². The maximum atomic E-state index is 14.0. The molecule has 42 heavy (non-hydrogen) atoms. The van der Waals surface area contributed by atoms with Gasteiger partial charge in [-0.25, -0.2) is 8.42 Å². The van der Waals surface area contributed by atoms with Gasteiger partial charge in [0.2, 0.25) is 11.8 Å². The Balaban J connectivity index is 2.03. The van der Waals surface area contributed by atoms with E-state index in [4.69, 9.17) is 9.47 Å². The fourth-order valence-electron chi connectivity index (χ4n) is 4.14. The monoisotopic (exact) mass is 659 g/mol. The molecular weight excluding hydrogens is 622 g/mol. The lowest BCUT2D eigenvalue weighted by molar-refractivity contribution is -0.139. The molecule has 3 rings (SSSR count). The van der Waals surface area contributed by atoms with Gasteiger partial charge >= 0.3 is 0 Å². The van der Waals surface area contributed by atoms with E-state index in [2.05, 4.69) is 21.2 Å². The number of carbonyl (C=O) groups is 2. The highest BCUT2D eigenvalue weighted by Gasteiger charge is 2.33. The van der Waals surface area contributed by atoms with Gasteiger partial charge < -0.3 is 19.7 Å². The molecule has 9 nitrogen and oxygen atoms in total. The van der Waals surface area contributed by atoms with Gasteiger partial charge in [-0.15, -0.1) is 0 Å². The van der Waals surface area contributed by atoms with Crippen molar-refractivity contribution in [2.75, 3.05) is 31.6 Å². The van der Waals surface area contributed by atoms with Gasteiger partial charge in [-0.3, -0.25) is 13.9 Å². The summed E-state index contributed by atoms with van der Waals surface area (Å²) in [4.78, 5) is 28.5. The zero-order valence-corrected chi connectivity index (χ0v) is 27.2. The molecule has 0 bridgehead atoms. The Morgan fingerprint density at radius 1 is 0.929 bits per heavy atom. The number of hydrogen-bond acceptors (Lipinski definition) is 6. The fourth-order valence-corrected chi connectivity index (χ4v) is 6.27. The summed E-state index contributed by atoms with van der Waals surface area (Å²) < 4.78 is 40.1. The largest absolute Gasteiger partial charge is 0.497 e. The van der Waals surface area contributed by atoms with Crippen LogP contribution in [-0.2, 0) is 26.2 Å². The number of ether oxygens (including phenoxy) is 2. The van der Waals surface area contributed by atoms with Crippen LogP contribution in [0.15, 0.2) is 76.1 Å². The van der Waals surface area contributed by atoms with E-state index in [1.54, 1.807) is 68.6 Å². The van der Waals surface area contributed by atoms with E-state index in [9.17, 15) is 18.0 Å². The average Bonchev–Trinajstić information content (AvgIpc) is 2.97. The molecular formula is C31H38BrN3O6S. The van der Waals surface area contributed by atoms with Crippen molar-refractivity contribution in [1.82, 2.24) is 10.2 Å². The van der Waals surface area contributed by atoms with E-state index in [0.29, 0.717) is 28.2 Å². The number of sulfonamides is 1. The summed E-state index contributed by atoms with van der Waals surface area (Å²) in [6.45, 7) is 7.51. The van der Waals surface area contributed by atoms with Crippen LogP contribution in [0.2, 0.25) is 0 Å². The van der Waals surface area contributed by atoms with Crippen LogP contribution in [0.5, 0.6) is 11.5 Å². The average molecular weight is 661 g/mol. The first-order chi connectivity index (χ1) is 19.9. The number of amides is 2. The standard InChI is InChI=1S/C31H38BrN3O6S/c1-21(2)18-33-31(37)23(4)34(19-24-9-13-26(40-5)14-10-24)30(36)20-35(25-11-7-22(3)8-12-25)42(38,39)27-15-16-29(41-6)28(32)17-27/h7-17,21,23H,18-20H2,1-6H3,(H,33,37). The van der Waals surface area contributed by atoms with Crippen molar-refractivity contribution in [2.24, 2.45) is 5.92 Å². The number of methoxy groups -OCH3 is 2. The van der Waals surface area contributed by atoms with Crippen LogP contribution in [0.25, 0.3) is 0 Å². The van der Waals surface area contributed by atoms with E-state index in [1.807, 2.05) is 20.8 Å². The lowest BCUT2D eigenvalue weighted by Crippen LogP contribution is -2.51. The van der Waals surface area contributed by atoms with Gasteiger partial charge in [-0.05, 0) is 83.7 Å². The molecule has 1 unspecified atom stereocenters. The Labute approximate surface area is 257 Å². The number of anilines is 1. The molecule has 0 aliphatic heterocycles. The van der Waals surface area contributed by atoms with Crippen molar-refractivity contribution in [2.45, 2.75) is 45.2 Å². The number of halogens is 1. The molecule has 0 aromatic heterocycles. The summed E-state index contributed by atoms with van der Waals surface area (Å²) >= 11 is 3.36. The van der Waals surface area contributed by atoms with E-state index in [-0.39, 0.29) is 23.3 Å². The predicted octanol–water partition coefficient (Wildman–Crippen LogP) is 5.16. The summed E-state index contributed by atoms with van der Waals surface area (Å²) in [6.07, 6.45) is 0. The van der Waals surface area contributed by atoms with E-state index in [1.165, 1.54) is 24.1 Å². The lowest BCUT2D eigenvalue weighted by Gasteiger charge is -2.32. The van der Waals surface area contributed by atoms with Crippen molar-refractivity contribution in [1.29, 1.82) is 0 Å². The Morgan fingerprint density at radius 3 is 2.12 bits per heavy atom. The van der Waals surface area contributed by atoms with Crippen molar-refractivity contribution in [3.8, 4) is 11.5 Å². The van der Waals surface area contributed by atoms with E-state index < -0.39 is 28.5 Å². The number of carbonyl (C=O) groups excluding carboxylic acids is 2. The highest BCUT2D eigenvalue weighted by molar-refractivity contribution is 9.10. The molecule has 3 aromatic rings. The lowest BCUT2D eigenvalue weighted by atomic mass is 10.1. The topological polar surface area (TPSA) is 105 Å². The molecule has 2 amide bonds. The van der Waals surface area contributed by atoms with Gasteiger partial charge in [0.1, 0.15) is 24.1 Å². The first-order valence-corrected chi connectivity index (χ1v) is 15.7. The van der Waals surface area contributed by atoms with Gasteiger partial charge in [-0.2, -0.15) is 0 Å². The molecule has 0 heterocycles. The van der Waals surface area contributed by atoms with Gasteiger partial charge in [0.05, 0.1) is 29.3 Å². The highest BCUT2D eigenvalue weighted by atomic mass is 79.9. The summed E-state index contributed by atoms with van der Waals surface area (Å²) in [6, 6.07) is 17.6. The van der Waals surface area contributed by atoms with Gasteiger partial charge in [-0.1, -0.05) is 43.7 Å². The van der Waals surface area contributed by atoms with Crippen LogP contribution in [0.3, 0.4) is 0 Å². The van der Waals surface area contributed by atoms with Crippen LogP contribution in [-0.4, -0.2) is 58.5 Å². The first kappa shape index (κ1) is 32.9.